The van der Waals surface area contributed by atoms with E-state index in [9.17, 15) is 4.79 Å². The second kappa shape index (κ2) is 7.09. The molecule has 0 bridgehead atoms. The molecule has 3 aromatic rings. The SMILES string of the molecule is Cn1cc(-c2ccc3cnc(NC(=O)CC4(C)CNCCO4)cc3c2)cn1. The third kappa shape index (κ3) is 3.99. The molecule has 1 atom stereocenters. The number of anilines is 1. The first kappa shape index (κ1) is 17.6. The highest BCUT2D eigenvalue weighted by molar-refractivity contribution is 5.94. The molecule has 1 saturated heterocycles. The summed E-state index contributed by atoms with van der Waals surface area (Å²) in [6, 6.07) is 8.06. The Hall–Kier alpha value is -2.77. The maximum Gasteiger partial charge on any atom is 0.228 e. The molecular weight excluding hydrogens is 342 g/mol. The third-order valence-electron chi connectivity index (χ3n) is 4.79. The predicted octanol–water partition coefficient (Wildman–Crippen LogP) is 2.34. The minimum Gasteiger partial charge on any atom is -0.372 e. The van der Waals surface area contributed by atoms with Crippen LogP contribution in [-0.2, 0) is 16.6 Å². The second-order valence-electron chi connectivity index (χ2n) is 7.23. The van der Waals surface area contributed by atoms with Gasteiger partial charge < -0.3 is 15.4 Å². The zero-order chi connectivity index (χ0) is 18.9. The van der Waals surface area contributed by atoms with Gasteiger partial charge in [0.25, 0.3) is 0 Å². The van der Waals surface area contributed by atoms with Crippen LogP contribution in [0.25, 0.3) is 21.9 Å². The largest absolute Gasteiger partial charge is 0.372 e. The van der Waals surface area contributed by atoms with Crippen LogP contribution in [-0.4, -0.2) is 46.0 Å². The number of amides is 1. The van der Waals surface area contributed by atoms with Crippen LogP contribution in [0.3, 0.4) is 0 Å². The lowest BCUT2D eigenvalue weighted by Gasteiger charge is -2.33. The highest BCUT2D eigenvalue weighted by Crippen LogP contribution is 2.25. The Labute approximate surface area is 157 Å². The van der Waals surface area contributed by atoms with Crippen molar-refractivity contribution < 1.29 is 9.53 Å². The van der Waals surface area contributed by atoms with E-state index in [1.54, 1.807) is 10.9 Å². The summed E-state index contributed by atoms with van der Waals surface area (Å²) in [7, 11) is 1.90. The molecule has 2 N–H and O–H groups in total. The maximum atomic E-state index is 12.4. The van der Waals surface area contributed by atoms with Crippen molar-refractivity contribution in [1.29, 1.82) is 0 Å². The summed E-state index contributed by atoms with van der Waals surface area (Å²) in [4.78, 5) is 16.8. The molecule has 7 nitrogen and oxygen atoms in total. The summed E-state index contributed by atoms with van der Waals surface area (Å²) >= 11 is 0. The van der Waals surface area contributed by atoms with Gasteiger partial charge in [0.2, 0.25) is 5.91 Å². The van der Waals surface area contributed by atoms with Crippen LogP contribution >= 0.6 is 0 Å². The van der Waals surface area contributed by atoms with Crippen molar-refractivity contribution in [2.45, 2.75) is 18.9 Å². The van der Waals surface area contributed by atoms with E-state index >= 15 is 0 Å². The smallest absolute Gasteiger partial charge is 0.228 e. The maximum absolute atomic E-state index is 12.4. The summed E-state index contributed by atoms with van der Waals surface area (Å²) in [6.45, 7) is 4.06. The molecule has 1 amide bonds. The lowest BCUT2D eigenvalue weighted by Crippen LogP contribution is -2.49. The summed E-state index contributed by atoms with van der Waals surface area (Å²) in [5.74, 6) is 0.444. The molecule has 1 aromatic carbocycles. The molecule has 4 rings (SSSR count). The molecule has 0 radical (unpaired) electrons. The van der Waals surface area contributed by atoms with Gasteiger partial charge >= 0.3 is 0 Å². The summed E-state index contributed by atoms with van der Waals surface area (Å²) in [5, 5.41) is 12.4. The second-order valence-corrected chi connectivity index (χ2v) is 7.23. The molecule has 27 heavy (non-hydrogen) atoms. The minimum absolute atomic E-state index is 0.100. The Kier molecular flexibility index (Phi) is 4.63. The van der Waals surface area contributed by atoms with E-state index in [0.717, 1.165) is 28.4 Å². The number of nitrogens with one attached hydrogen (secondary N) is 2. The third-order valence-corrected chi connectivity index (χ3v) is 4.79. The number of aromatic nitrogens is 3. The van der Waals surface area contributed by atoms with Crippen molar-refractivity contribution in [1.82, 2.24) is 20.1 Å². The first-order chi connectivity index (χ1) is 13.0. The highest BCUT2D eigenvalue weighted by Gasteiger charge is 2.30. The molecule has 140 valence electrons. The van der Waals surface area contributed by atoms with Gasteiger partial charge in [0.1, 0.15) is 5.82 Å². The van der Waals surface area contributed by atoms with E-state index in [1.165, 1.54) is 0 Å². The van der Waals surface area contributed by atoms with Crippen LogP contribution in [0, 0.1) is 0 Å². The minimum atomic E-state index is -0.480. The van der Waals surface area contributed by atoms with Gasteiger partial charge in [-0.2, -0.15) is 5.10 Å². The number of morpholine rings is 1. The zero-order valence-electron chi connectivity index (χ0n) is 15.5. The zero-order valence-corrected chi connectivity index (χ0v) is 15.5. The van der Waals surface area contributed by atoms with E-state index in [0.29, 0.717) is 19.0 Å². The number of hydrogen-bond donors (Lipinski definition) is 2. The quantitative estimate of drug-likeness (QED) is 0.742. The number of fused-ring (bicyclic) bond motifs is 1. The molecule has 7 heteroatoms. The number of carbonyl (C=O) groups excluding carboxylic acids is 1. The van der Waals surface area contributed by atoms with E-state index < -0.39 is 5.60 Å². The molecule has 1 aliphatic rings. The van der Waals surface area contributed by atoms with Gasteiger partial charge in [-0.25, -0.2) is 4.98 Å². The van der Waals surface area contributed by atoms with Crippen molar-refractivity contribution >= 4 is 22.5 Å². The Bertz CT molecular complexity index is 975. The van der Waals surface area contributed by atoms with Crippen molar-refractivity contribution in [3.8, 4) is 11.1 Å². The molecular formula is C20H23N5O2. The number of rotatable bonds is 4. The van der Waals surface area contributed by atoms with Gasteiger partial charge in [0.05, 0.1) is 24.8 Å². The molecule has 0 aliphatic carbocycles. The van der Waals surface area contributed by atoms with Crippen LogP contribution in [0.5, 0.6) is 0 Å². The van der Waals surface area contributed by atoms with Gasteiger partial charge in [-0.1, -0.05) is 12.1 Å². The van der Waals surface area contributed by atoms with Gasteiger partial charge in [0, 0.05) is 43.5 Å². The number of nitrogens with zero attached hydrogens (tertiary/aromatic N) is 3. The van der Waals surface area contributed by atoms with Crippen LogP contribution in [0.15, 0.2) is 42.9 Å². The van der Waals surface area contributed by atoms with Crippen LogP contribution in [0.4, 0.5) is 5.82 Å². The monoisotopic (exact) mass is 365 g/mol. The Morgan fingerprint density at radius 3 is 2.93 bits per heavy atom. The van der Waals surface area contributed by atoms with E-state index in [-0.39, 0.29) is 12.3 Å². The summed E-state index contributed by atoms with van der Waals surface area (Å²) in [6.07, 6.45) is 5.88. The average Bonchev–Trinajstić information content (AvgIpc) is 3.07. The molecule has 3 heterocycles. The molecule has 1 fully saturated rings. The normalized spacial score (nSPS) is 19.9. The molecule has 1 aliphatic heterocycles. The fraction of sp³-hybridized carbons (Fsp3) is 0.350. The number of benzene rings is 1. The van der Waals surface area contributed by atoms with E-state index in [1.807, 2.05) is 44.6 Å². The number of pyridine rings is 1. The van der Waals surface area contributed by atoms with E-state index in [4.69, 9.17) is 4.74 Å². The van der Waals surface area contributed by atoms with E-state index in [2.05, 4.69) is 26.8 Å². The summed E-state index contributed by atoms with van der Waals surface area (Å²) in [5.41, 5.74) is 1.65. The Morgan fingerprint density at radius 1 is 1.30 bits per heavy atom. The van der Waals surface area contributed by atoms with Gasteiger partial charge in [-0.15, -0.1) is 0 Å². The van der Waals surface area contributed by atoms with Gasteiger partial charge in [0.15, 0.2) is 0 Å². The Balaban J connectivity index is 1.52. The van der Waals surface area contributed by atoms with Crippen LogP contribution in [0.2, 0.25) is 0 Å². The van der Waals surface area contributed by atoms with Gasteiger partial charge in [-0.05, 0) is 30.0 Å². The lowest BCUT2D eigenvalue weighted by atomic mass is 10.0. The molecule has 0 saturated carbocycles. The highest BCUT2D eigenvalue weighted by atomic mass is 16.5. The topological polar surface area (TPSA) is 81.1 Å². The first-order valence-corrected chi connectivity index (χ1v) is 9.04. The van der Waals surface area contributed by atoms with Crippen molar-refractivity contribution in [3.63, 3.8) is 0 Å². The molecule has 0 spiro atoms. The van der Waals surface area contributed by atoms with Crippen LogP contribution < -0.4 is 10.6 Å². The summed E-state index contributed by atoms with van der Waals surface area (Å²) < 4.78 is 7.54. The average molecular weight is 365 g/mol. The van der Waals surface area contributed by atoms with Crippen molar-refractivity contribution in [3.05, 3.63) is 42.9 Å². The number of carbonyl (C=O) groups is 1. The first-order valence-electron chi connectivity index (χ1n) is 9.04. The lowest BCUT2D eigenvalue weighted by molar-refractivity contribution is -0.125. The number of ether oxygens (including phenoxy) is 1. The van der Waals surface area contributed by atoms with Gasteiger partial charge in [-0.3, -0.25) is 9.48 Å². The molecule has 2 aromatic heterocycles. The number of hydrogen-bond acceptors (Lipinski definition) is 5. The van der Waals surface area contributed by atoms with Crippen LogP contribution in [0.1, 0.15) is 13.3 Å². The Morgan fingerprint density at radius 2 is 2.19 bits per heavy atom. The number of aryl methyl sites for hydroxylation is 1. The van der Waals surface area contributed by atoms with Crippen molar-refractivity contribution in [2.24, 2.45) is 7.05 Å². The molecule has 1 unspecified atom stereocenters. The van der Waals surface area contributed by atoms with Crippen molar-refractivity contribution in [2.75, 3.05) is 25.0 Å². The fourth-order valence-electron chi connectivity index (χ4n) is 3.37. The predicted molar refractivity (Wildman–Crippen MR) is 104 cm³/mol. The fourth-order valence-corrected chi connectivity index (χ4v) is 3.37. The standard InChI is InChI=1S/C20H23N5O2/c1-20(13-21-5-6-27-20)9-19(26)24-18-8-16-7-14(3-4-15(16)10-22-18)17-11-23-25(2)12-17/h3-4,7-8,10-12,21H,5-6,9,13H2,1-2H3,(H,22,24,26).